The van der Waals surface area contributed by atoms with E-state index in [-0.39, 0.29) is 43.9 Å². The van der Waals surface area contributed by atoms with E-state index in [0.29, 0.717) is 5.84 Å². The second-order valence-electron chi connectivity index (χ2n) is 3.47. The van der Waals surface area contributed by atoms with Gasteiger partial charge in [0.05, 0.1) is 6.34 Å². The van der Waals surface area contributed by atoms with Crippen LogP contribution in [-0.4, -0.2) is 41.7 Å². The van der Waals surface area contributed by atoms with Gasteiger partial charge in [-0.15, -0.1) is 0 Å². The van der Waals surface area contributed by atoms with Crippen LogP contribution in [0.4, 0.5) is 0 Å². The Labute approximate surface area is 129 Å². The van der Waals surface area contributed by atoms with Crippen molar-refractivity contribution in [3.05, 3.63) is 0 Å². The first kappa shape index (κ1) is 16.7. The van der Waals surface area contributed by atoms with Gasteiger partial charge in [-0.05, 0) is 0 Å². The van der Waals surface area contributed by atoms with Gasteiger partial charge in [0, 0.05) is 46.2 Å². The largest absolute Gasteiger partial charge is 0.385 e. The predicted octanol–water partition coefficient (Wildman–Crippen LogP) is 1.25. The van der Waals surface area contributed by atoms with Crippen LogP contribution >= 0.6 is 0 Å². The number of nitrogens with two attached hydrogens (primary N) is 1. The van der Waals surface area contributed by atoms with Crippen LogP contribution in [-0.2, 0) is 32.7 Å². The van der Waals surface area contributed by atoms with Crippen LogP contribution in [0.2, 0.25) is 0 Å². The third-order valence-electron chi connectivity index (χ3n) is 2.97. The van der Waals surface area contributed by atoms with Gasteiger partial charge < -0.3 is 10.6 Å². The van der Waals surface area contributed by atoms with Crippen LogP contribution in [0.5, 0.6) is 0 Å². The van der Waals surface area contributed by atoms with Crippen molar-refractivity contribution in [3.8, 4) is 0 Å². The Balaban J connectivity index is 0.000000469. The van der Waals surface area contributed by atoms with Gasteiger partial charge in [-0.2, -0.15) is 0 Å². The minimum Gasteiger partial charge on any atom is -0.385 e. The molecule has 0 aromatic heterocycles. The summed E-state index contributed by atoms with van der Waals surface area (Å²) in [5, 5.41) is 0. The number of hydrogen-bond acceptors (Lipinski definition) is 5. The second-order valence-corrected chi connectivity index (χ2v) is 3.47. The summed E-state index contributed by atoms with van der Waals surface area (Å²) < 4.78 is 0. The van der Waals surface area contributed by atoms with Crippen molar-refractivity contribution in [2.45, 2.75) is 45.3 Å². The molecule has 3 rings (SSSR count). The van der Waals surface area contributed by atoms with Crippen molar-refractivity contribution >= 4 is 18.5 Å². The first-order valence-corrected chi connectivity index (χ1v) is 5.87. The number of hydrogen-bond donors (Lipinski definition) is 1. The summed E-state index contributed by atoms with van der Waals surface area (Å²) >= 11 is 0. The fourth-order valence-corrected chi connectivity index (χ4v) is 2.06. The van der Waals surface area contributed by atoms with E-state index in [2.05, 4.69) is 15.0 Å². The van der Waals surface area contributed by atoms with E-state index in [1.807, 2.05) is 39.6 Å². The zero-order valence-corrected chi connectivity index (χ0v) is 14.1. The fourth-order valence-electron chi connectivity index (χ4n) is 2.06. The molecule has 0 amide bonds. The Morgan fingerprint density at radius 3 is 2.35 bits per heavy atom. The number of nitrogens with zero attached hydrogens (tertiary/aromatic N) is 4. The van der Waals surface area contributed by atoms with E-state index in [9.17, 15) is 0 Å². The van der Waals surface area contributed by atoms with Crippen molar-refractivity contribution in [2.24, 2.45) is 20.7 Å². The molecule has 1 fully saturated rings. The molecule has 2 N–H and O–H groups in total. The Morgan fingerprint density at radius 2 is 1.82 bits per heavy atom. The zero-order valence-electron chi connectivity index (χ0n) is 11.3. The van der Waals surface area contributed by atoms with Crippen molar-refractivity contribution < 1.29 is 32.7 Å². The normalized spacial score (nSPS) is 33.9. The molecule has 0 saturated heterocycles. The third kappa shape index (κ3) is 2.08. The van der Waals surface area contributed by atoms with Crippen LogP contribution in [0.3, 0.4) is 0 Å². The molecule has 1 aliphatic carbocycles. The van der Waals surface area contributed by atoms with Crippen molar-refractivity contribution in [1.82, 2.24) is 4.90 Å². The van der Waals surface area contributed by atoms with Gasteiger partial charge in [0.15, 0.2) is 11.2 Å². The van der Waals surface area contributed by atoms with E-state index in [1.54, 1.807) is 6.34 Å². The molecular weight excluding hydrogens is 291 g/mol. The molecule has 1 saturated carbocycles. The SMILES string of the molecule is CC.CC.CN1C=NC23CC12N=CN=C3N.[Y]. The molecule has 5 nitrogen and oxygen atoms in total. The Kier molecular flexibility index (Phi) is 5.95. The molecule has 0 bridgehead atoms. The van der Waals surface area contributed by atoms with E-state index < -0.39 is 0 Å². The predicted molar refractivity (Wildman–Crippen MR) is 69.1 cm³/mol. The van der Waals surface area contributed by atoms with Gasteiger partial charge in [0.1, 0.15) is 12.2 Å². The van der Waals surface area contributed by atoms with Crippen LogP contribution in [0, 0.1) is 0 Å². The maximum absolute atomic E-state index is 5.77. The van der Waals surface area contributed by atoms with Gasteiger partial charge in [0.25, 0.3) is 0 Å². The summed E-state index contributed by atoms with van der Waals surface area (Å²) in [5.74, 6) is 0.595. The molecule has 17 heavy (non-hydrogen) atoms. The van der Waals surface area contributed by atoms with Crippen molar-refractivity contribution in [1.29, 1.82) is 0 Å². The van der Waals surface area contributed by atoms with Crippen LogP contribution < -0.4 is 5.73 Å². The Bertz CT molecular complexity index is 352. The molecule has 1 radical (unpaired) electrons. The van der Waals surface area contributed by atoms with E-state index in [1.165, 1.54) is 6.34 Å². The van der Waals surface area contributed by atoms with Gasteiger partial charge in [-0.1, -0.05) is 27.7 Å². The molecule has 93 valence electrons. The molecule has 2 atom stereocenters. The summed E-state index contributed by atoms with van der Waals surface area (Å²) in [7, 11) is 1.97. The first-order chi connectivity index (χ1) is 7.71. The van der Waals surface area contributed by atoms with Gasteiger partial charge in [0.2, 0.25) is 0 Å². The van der Waals surface area contributed by atoms with Crippen molar-refractivity contribution in [2.75, 3.05) is 7.05 Å². The summed E-state index contributed by atoms with van der Waals surface area (Å²) in [6.45, 7) is 8.00. The summed E-state index contributed by atoms with van der Waals surface area (Å²) in [4.78, 5) is 14.7. The van der Waals surface area contributed by atoms with Gasteiger partial charge >= 0.3 is 0 Å². The Morgan fingerprint density at radius 1 is 1.24 bits per heavy atom. The van der Waals surface area contributed by atoms with E-state index >= 15 is 0 Å². The van der Waals surface area contributed by atoms with Gasteiger partial charge in [-0.3, -0.25) is 4.99 Å². The Hall–Kier alpha value is -0.286. The molecule has 3 aliphatic rings. The quantitative estimate of drug-likeness (QED) is 0.731. The van der Waals surface area contributed by atoms with E-state index in [0.717, 1.165) is 6.42 Å². The minimum atomic E-state index is -0.309. The van der Waals surface area contributed by atoms with Crippen LogP contribution in [0.15, 0.2) is 15.0 Å². The van der Waals surface area contributed by atoms with Crippen molar-refractivity contribution in [3.63, 3.8) is 0 Å². The molecule has 2 unspecified atom stereocenters. The number of rotatable bonds is 0. The number of likely N-dealkylation sites (N-methyl/N-ethyl adjacent to an activating group) is 1. The molecule has 0 spiro atoms. The summed E-state index contributed by atoms with van der Waals surface area (Å²) in [5.41, 5.74) is 5.25. The number of aliphatic imine (C=N–C) groups is 3. The van der Waals surface area contributed by atoms with E-state index in [4.69, 9.17) is 5.73 Å². The summed E-state index contributed by atoms with van der Waals surface area (Å²) in [6.07, 6.45) is 4.19. The monoisotopic (exact) mass is 312 g/mol. The average molecular weight is 312 g/mol. The summed E-state index contributed by atoms with van der Waals surface area (Å²) in [6, 6.07) is 0. The molecule has 6 heteroatoms. The smallest absolute Gasteiger partial charge is 0.170 e. The molecular formula is C11H21N5Y. The molecule has 0 aromatic carbocycles. The maximum Gasteiger partial charge on any atom is 0.170 e. The fraction of sp³-hybridized carbons (Fsp3) is 0.727. The van der Waals surface area contributed by atoms with Gasteiger partial charge in [-0.25, -0.2) is 9.98 Å². The zero-order chi connectivity index (χ0) is 12.4. The molecule has 0 aromatic rings. The topological polar surface area (TPSA) is 66.3 Å². The molecule has 2 heterocycles. The second kappa shape index (κ2) is 6.05. The maximum atomic E-state index is 5.77. The molecule has 2 aliphatic heterocycles. The third-order valence-corrected chi connectivity index (χ3v) is 2.97. The standard InChI is InChI=1S/C7H9N5.2C2H6.Y/c1-12-4-11-6-2-7(6,12)10-3-9-5(6)8;2*1-2;/h3-4H,2H2,1H3,(H2,8,9,10);2*1-2H3;. The average Bonchev–Trinajstić information content (AvgIpc) is 2.96. The minimum absolute atomic E-state index is 0. The van der Waals surface area contributed by atoms with Crippen LogP contribution in [0.25, 0.3) is 0 Å². The first-order valence-electron chi connectivity index (χ1n) is 5.87. The number of amidine groups is 1. The van der Waals surface area contributed by atoms with Crippen LogP contribution in [0.1, 0.15) is 34.1 Å².